The Labute approximate surface area is 154 Å². The van der Waals surface area contributed by atoms with Crippen molar-refractivity contribution in [2.24, 2.45) is 4.99 Å². The molecule has 0 saturated heterocycles. The fraction of sp³-hybridized carbons (Fsp3) is 0.450. The number of hydrogen-bond acceptors (Lipinski definition) is 4. The van der Waals surface area contributed by atoms with Gasteiger partial charge in [0.1, 0.15) is 22.9 Å². The smallest absolute Gasteiger partial charge is 0.191 e. The highest BCUT2D eigenvalue weighted by atomic mass is 16.5. The summed E-state index contributed by atoms with van der Waals surface area (Å²) in [5.41, 5.74) is 0.108. The molecule has 0 saturated carbocycles. The third kappa shape index (κ3) is 4.19. The third-order valence-corrected chi connectivity index (χ3v) is 4.69. The minimum absolute atomic E-state index is 0.296. The Morgan fingerprint density at radius 1 is 1.27 bits per heavy atom. The molecule has 6 heteroatoms. The first-order valence-electron chi connectivity index (χ1n) is 8.95. The molecule has 0 radical (unpaired) electrons. The number of benzene rings is 1. The normalized spacial score (nSPS) is 19.2. The number of furan rings is 1. The predicted molar refractivity (Wildman–Crippen MR) is 102 cm³/mol. The van der Waals surface area contributed by atoms with Crippen LogP contribution in [0.3, 0.4) is 0 Å². The fourth-order valence-electron chi connectivity index (χ4n) is 3.14. The molecule has 0 spiro atoms. The van der Waals surface area contributed by atoms with Gasteiger partial charge in [0.15, 0.2) is 5.96 Å². The van der Waals surface area contributed by atoms with E-state index < -0.39 is 5.60 Å². The van der Waals surface area contributed by atoms with E-state index in [1.165, 1.54) is 5.56 Å². The maximum Gasteiger partial charge on any atom is 0.191 e. The molecule has 0 aliphatic carbocycles. The number of nitrogens with one attached hydrogen (secondary N) is 2. The maximum absolute atomic E-state index is 10.6. The highest BCUT2D eigenvalue weighted by Gasteiger charge is 2.27. The van der Waals surface area contributed by atoms with Crippen LogP contribution < -0.4 is 15.4 Å². The number of aliphatic hydroxyl groups is 1. The van der Waals surface area contributed by atoms with E-state index in [0.29, 0.717) is 24.2 Å². The van der Waals surface area contributed by atoms with Gasteiger partial charge in [-0.05, 0) is 44.0 Å². The number of guanidine groups is 1. The van der Waals surface area contributed by atoms with Crippen LogP contribution in [0.4, 0.5) is 0 Å². The maximum atomic E-state index is 10.6. The minimum atomic E-state index is -1.11. The van der Waals surface area contributed by atoms with Crippen molar-refractivity contribution in [1.82, 2.24) is 10.6 Å². The first-order valence-corrected chi connectivity index (χ1v) is 8.95. The van der Waals surface area contributed by atoms with E-state index in [-0.39, 0.29) is 0 Å². The Bertz CT molecular complexity index is 767. The van der Waals surface area contributed by atoms with Crippen LogP contribution in [-0.4, -0.2) is 37.8 Å². The molecular formula is C20H27N3O3. The zero-order valence-corrected chi connectivity index (χ0v) is 15.6. The Morgan fingerprint density at radius 3 is 2.81 bits per heavy atom. The monoisotopic (exact) mass is 357 g/mol. The fourth-order valence-corrected chi connectivity index (χ4v) is 3.14. The third-order valence-electron chi connectivity index (χ3n) is 4.69. The number of para-hydroxylation sites is 1. The molecule has 0 amide bonds. The molecule has 3 rings (SSSR count). The van der Waals surface area contributed by atoms with Crippen molar-refractivity contribution in [2.45, 2.75) is 31.8 Å². The van der Waals surface area contributed by atoms with E-state index in [9.17, 15) is 5.11 Å². The second-order valence-electron chi connectivity index (χ2n) is 6.86. The molecule has 1 aliphatic rings. The zero-order valence-electron chi connectivity index (χ0n) is 15.6. The lowest BCUT2D eigenvalue weighted by atomic mass is 9.93. The zero-order chi connectivity index (χ0) is 18.6. The van der Waals surface area contributed by atoms with Crippen molar-refractivity contribution in [2.75, 3.05) is 26.7 Å². The number of aryl methyl sites for hydroxylation is 1. The number of nitrogens with zero attached hydrogens (tertiary/aromatic N) is 1. The predicted octanol–water partition coefficient (Wildman–Crippen LogP) is 2.53. The first kappa shape index (κ1) is 18.3. The molecule has 26 heavy (non-hydrogen) atoms. The van der Waals surface area contributed by atoms with Gasteiger partial charge in [-0.1, -0.05) is 18.2 Å². The molecule has 3 N–H and O–H groups in total. The lowest BCUT2D eigenvalue weighted by molar-refractivity contribution is 0.0378. The number of rotatable bonds is 5. The van der Waals surface area contributed by atoms with Crippen LogP contribution in [0.15, 0.2) is 45.8 Å². The van der Waals surface area contributed by atoms with Crippen LogP contribution in [0.25, 0.3) is 0 Å². The molecule has 2 unspecified atom stereocenters. The highest BCUT2D eigenvalue weighted by molar-refractivity contribution is 5.79. The van der Waals surface area contributed by atoms with Gasteiger partial charge in [0.05, 0.1) is 13.2 Å². The average molecular weight is 357 g/mol. The van der Waals surface area contributed by atoms with Crippen LogP contribution in [0.2, 0.25) is 0 Å². The van der Waals surface area contributed by atoms with Crippen molar-refractivity contribution < 1.29 is 14.3 Å². The van der Waals surface area contributed by atoms with Crippen molar-refractivity contribution in [1.29, 1.82) is 0 Å². The SMILES string of the molecule is CN=C(NCC1CCOc2ccccc21)NCC(C)(O)c1ccc(C)o1. The van der Waals surface area contributed by atoms with E-state index in [4.69, 9.17) is 9.15 Å². The summed E-state index contributed by atoms with van der Waals surface area (Å²) in [6.45, 7) is 5.35. The van der Waals surface area contributed by atoms with Crippen LogP contribution in [0.1, 0.15) is 36.3 Å². The van der Waals surface area contributed by atoms with Crippen molar-refractivity contribution in [3.63, 3.8) is 0 Å². The van der Waals surface area contributed by atoms with Gasteiger partial charge in [-0.3, -0.25) is 4.99 Å². The summed E-state index contributed by atoms with van der Waals surface area (Å²) < 4.78 is 11.3. The van der Waals surface area contributed by atoms with E-state index in [2.05, 4.69) is 21.7 Å². The standard InChI is InChI=1S/C20H27N3O3/c1-14-8-9-18(26-14)20(2,24)13-23-19(21-3)22-12-15-10-11-25-17-7-5-4-6-16(15)17/h4-9,15,24H,10-13H2,1-3H3,(H2,21,22,23). The van der Waals surface area contributed by atoms with E-state index in [0.717, 1.165) is 31.1 Å². The van der Waals surface area contributed by atoms with Crippen LogP contribution in [-0.2, 0) is 5.60 Å². The van der Waals surface area contributed by atoms with E-state index in [1.54, 1.807) is 20.0 Å². The molecule has 2 heterocycles. The average Bonchev–Trinajstić information content (AvgIpc) is 3.09. The van der Waals surface area contributed by atoms with Gasteiger partial charge < -0.3 is 24.9 Å². The molecule has 0 fully saturated rings. The van der Waals surface area contributed by atoms with Crippen molar-refractivity contribution in [3.8, 4) is 5.75 Å². The van der Waals surface area contributed by atoms with E-state index in [1.807, 2.05) is 31.2 Å². The summed E-state index contributed by atoms with van der Waals surface area (Å²) in [6, 6.07) is 11.8. The summed E-state index contributed by atoms with van der Waals surface area (Å²) in [5, 5.41) is 17.2. The molecule has 0 bridgehead atoms. The molecule has 6 nitrogen and oxygen atoms in total. The van der Waals surface area contributed by atoms with Crippen molar-refractivity contribution >= 4 is 5.96 Å². The quantitative estimate of drug-likeness (QED) is 0.566. The number of fused-ring (bicyclic) bond motifs is 1. The number of hydrogen-bond donors (Lipinski definition) is 3. The van der Waals surface area contributed by atoms with Crippen LogP contribution >= 0.6 is 0 Å². The summed E-state index contributed by atoms with van der Waals surface area (Å²) >= 11 is 0. The van der Waals surface area contributed by atoms with Gasteiger partial charge in [0.2, 0.25) is 0 Å². The molecule has 1 aromatic heterocycles. The molecule has 2 aromatic rings. The van der Waals surface area contributed by atoms with Gasteiger partial charge in [-0.15, -0.1) is 0 Å². The highest BCUT2D eigenvalue weighted by Crippen LogP contribution is 2.32. The van der Waals surface area contributed by atoms with Crippen molar-refractivity contribution in [3.05, 3.63) is 53.5 Å². The Morgan fingerprint density at radius 2 is 2.08 bits per heavy atom. The van der Waals surface area contributed by atoms with Gasteiger partial charge in [0, 0.05) is 19.5 Å². The molecular weight excluding hydrogens is 330 g/mol. The molecule has 1 aromatic carbocycles. The molecule has 140 valence electrons. The summed E-state index contributed by atoms with van der Waals surface area (Å²) in [7, 11) is 1.72. The lowest BCUT2D eigenvalue weighted by Gasteiger charge is -2.27. The number of aliphatic imine (C=N–C) groups is 1. The largest absolute Gasteiger partial charge is 0.493 e. The lowest BCUT2D eigenvalue weighted by Crippen LogP contribution is -2.45. The topological polar surface area (TPSA) is 79.0 Å². The van der Waals surface area contributed by atoms with Crippen LogP contribution in [0.5, 0.6) is 5.75 Å². The molecule has 1 aliphatic heterocycles. The number of ether oxygens (including phenoxy) is 1. The second kappa shape index (κ2) is 7.83. The van der Waals surface area contributed by atoms with Crippen LogP contribution in [0, 0.1) is 6.92 Å². The first-order chi connectivity index (χ1) is 12.5. The van der Waals surface area contributed by atoms with Gasteiger partial charge in [0.25, 0.3) is 0 Å². The van der Waals surface area contributed by atoms with Gasteiger partial charge in [-0.2, -0.15) is 0 Å². The minimum Gasteiger partial charge on any atom is -0.493 e. The Kier molecular flexibility index (Phi) is 5.52. The van der Waals surface area contributed by atoms with E-state index >= 15 is 0 Å². The second-order valence-corrected chi connectivity index (χ2v) is 6.86. The van der Waals surface area contributed by atoms with Gasteiger partial charge in [-0.25, -0.2) is 0 Å². The summed E-state index contributed by atoms with van der Waals surface area (Å²) in [5.74, 6) is 3.30. The Balaban J connectivity index is 1.56. The van der Waals surface area contributed by atoms with Gasteiger partial charge >= 0.3 is 0 Å². The summed E-state index contributed by atoms with van der Waals surface area (Å²) in [4.78, 5) is 4.25. The molecule has 2 atom stereocenters. The summed E-state index contributed by atoms with van der Waals surface area (Å²) in [6.07, 6.45) is 0.963. The Hall–Kier alpha value is -2.47.